The van der Waals surface area contributed by atoms with E-state index >= 15 is 0 Å². The zero-order valence-electron chi connectivity index (χ0n) is 29.8. The first-order valence-corrected chi connectivity index (χ1v) is 17.5. The van der Waals surface area contributed by atoms with Gasteiger partial charge in [0.2, 0.25) is 0 Å². The first kappa shape index (κ1) is 35.4. The summed E-state index contributed by atoms with van der Waals surface area (Å²) < 4.78 is 11.5. The van der Waals surface area contributed by atoms with Crippen LogP contribution < -0.4 is 0 Å². The molecule has 2 N–H and O–H groups in total. The number of hydrogen-bond donors (Lipinski definition) is 2. The highest BCUT2D eigenvalue weighted by molar-refractivity contribution is 7.59. The molecule has 0 unspecified atom stereocenters. The third kappa shape index (κ3) is 7.51. The second-order valence-corrected chi connectivity index (χ2v) is 15.6. The number of carbonyl (C=O) groups excluding carboxylic acids is 2. The minimum Gasteiger partial charge on any atom is -0.444 e. The van der Waals surface area contributed by atoms with Gasteiger partial charge < -0.3 is 19.4 Å². The summed E-state index contributed by atoms with van der Waals surface area (Å²) in [6, 6.07) is 14.0. The number of aromatic nitrogens is 4. The number of rotatable bonds is 3. The van der Waals surface area contributed by atoms with Crippen molar-refractivity contribution in [3.8, 4) is 23.1 Å². The minimum atomic E-state index is -0.551. The van der Waals surface area contributed by atoms with Crippen molar-refractivity contribution in [2.24, 2.45) is 5.92 Å². The van der Waals surface area contributed by atoms with Crippen molar-refractivity contribution in [2.75, 3.05) is 6.54 Å². The molecule has 0 spiro atoms. The smallest absolute Gasteiger partial charge is 0.411 e. The topological polar surface area (TPSA) is 116 Å². The molecular weight excluding hydrogens is 649 g/mol. The zero-order valence-corrected chi connectivity index (χ0v) is 30.8. The lowest BCUT2D eigenvalue weighted by Gasteiger charge is -2.50. The molecule has 10 nitrogen and oxygen atoms in total. The van der Waals surface area contributed by atoms with Crippen LogP contribution in [0.2, 0.25) is 0 Å². The number of nitrogens with zero attached hydrogens (tertiary/aromatic N) is 4. The molecule has 5 heterocycles. The van der Waals surface area contributed by atoms with Crippen LogP contribution >= 0.6 is 13.5 Å². The largest absolute Gasteiger partial charge is 0.444 e. The SMILES string of the molecule is CC(C)(C)OC(=O)N1CCC[C@H]1c1ncc(-c2ccc(C#Cc3ccc4nc([C@@H]5C6CCC(CC6)N5C(=O)OC(C)(C)C)[nH]c4c3)cc2)[nH]1.S. The lowest BCUT2D eigenvalue weighted by Crippen LogP contribution is -2.54. The van der Waals surface area contributed by atoms with Crippen LogP contribution in [0.3, 0.4) is 0 Å². The predicted molar refractivity (Wildman–Crippen MR) is 198 cm³/mol. The quantitative estimate of drug-likeness (QED) is 0.208. The molecule has 4 fully saturated rings. The first-order valence-electron chi connectivity index (χ1n) is 17.5. The summed E-state index contributed by atoms with van der Waals surface area (Å²) >= 11 is 0. The van der Waals surface area contributed by atoms with Crippen LogP contribution in [-0.2, 0) is 9.47 Å². The predicted octanol–water partition coefficient (Wildman–Crippen LogP) is 8.39. The monoisotopic (exact) mass is 696 g/mol. The molecule has 264 valence electrons. The molecule has 2 aromatic heterocycles. The second kappa shape index (κ2) is 13.7. The van der Waals surface area contributed by atoms with Crippen molar-refractivity contribution < 1.29 is 19.1 Å². The fourth-order valence-corrected chi connectivity index (χ4v) is 7.45. The summed E-state index contributed by atoms with van der Waals surface area (Å²) in [5, 5.41) is 0. The van der Waals surface area contributed by atoms with Crippen LogP contribution in [0.1, 0.15) is 115 Å². The van der Waals surface area contributed by atoms with Gasteiger partial charge in [-0.2, -0.15) is 13.5 Å². The molecule has 8 rings (SSSR count). The molecule has 50 heavy (non-hydrogen) atoms. The molecule has 0 radical (unpaired) electrons. The summed E-state index contributed by atoms with van der Waals surface area (Å²) in [6.45, 7) is 12.0. The van der Waals surface area contributed by atoms with Gasteiger partial charge in [0.1, 0.15) is 22.9 Å². The highest BCUT2D eigenvalue weighted by atomic mass is 32.1. The van der Waals surface area contributed by atoms with Gasteiger partial charge in [-0.05, 0) is 122 Å². The number of piperidine rings is 2. The van der Waals surface area contributed by atoms with Gasteiger partial charge in [0, 0.05) is 23.7 Å². The summed E-state index contributed by atoms with van der Waals surface area (Å²) in [5.74, 6) is 8.55. The summed E-state index contributed by atoms with van der Waals surface area (Å²) in [5.41, 5.74) is 4.34. The average molecular weight is 697 g/mol. The molecule has 3 saturated heterocycles. The number of hydrogen-bond acceptors (Lipinski definition) is 6. The number of H-pyrrole nitrogens is 2. The maximum Gasteiger partial charge on any atom is 0.411 e. The Bertz CT molecular complexity index is 1920. The molecule has 4 aliphatic rings. The van der Waals surface area contributed by atoms with E-state index in [1.165, 1.54) is 0 Å². The fraction of sp³-hybridized carbons (Fsp3) is 0.487. The number of amides is 2. The highest BCUT2D eigenvalue weighted by Gasteiger charge is 2.47. The van der Waals surface area contributed by atoms with E-state index in [-0.39, 0.29) is 43.8 Å². The van der Waals surface area contributed by atoms with Crippen molar-refractivity contribution in [1.82, 2.24) is 29.7 Å². The summed E-state index contributed by atoms with van der Waals surface area (Å²) in [4.78, 5) is 46.4. The standard InChI is InChI=1S/C39H46N6O4.H2S/c1-38(2,3)48-36(46)44-21-7-8-32(44)34-40-23-31(43-34)26-14-11-24(12-15-26)9-10-25-13-20-29-30(22-25)42-35(41-29)33-27-16-18-28(19-17-27)45(33)37(47)49-39(4,5)6;/h11-15,20,22-23,27-28,32-33H,7-8,16-19,21H2,1-6H3,(H,40,43)(H,41,42);1H2/t27?,28?,32-,33-;/m0./s1. The zero-order chi connectivity index (χ0) is 34.5. The van der Waals surface area contributed by atoms with Crippen LogP contribution in [0, 0.1) is 17.8 Å². The van der Waals surface area contributed by atoms with Crippen molar-refractivity contribution in [3.05, 3.63) is 71.4 Å². The third-order valence-electron chi connectivity index (χ3n) is 9.60. The van der Waals surface area contributed by atoms with Gasteiger partial charge in [-0.25, -0.2) is 19.6 Å². The number of benzene rings is 2. The molecule has 11 heteroatoms. The molecule has 2 bridgehead atoms. The molecule has 2 aromatic carbocycles. The van der Waals surface area contributed by atoms with Crippen molar-refractivity contribution >= 4 is 36.7 Å². The maximum atomic E-state index is 13.3. The van der Waals surface area contributed by atoms with E-state index in [4.69, 9.17) is 14.5 Å². The molecule has 2 atom stereocenters. The van der Waals surface area contributed by atoms with Crippen molar-refractivity contribution in [3.63, 3.8) is 0 Å². The van der Waals surface area contributed by atoms with E-state index in [0.717, 1.165) is 83.6 Å². The Morgan fingerprint density at radius 3 is 2.18 bits per heavy atom. The number of aromatic amines is 2. The van der Waals surface area contributed by atoms with Gasteiger partial charge in [0.15, 0.2) is 0 Å². The van der Waals surface area contributed by atoms with Crippen molar-refractivity contribution in [1.29, 1.82) is 0 Å². The van der Waals surface area contributed by atoms with E-state index in [1.54, 1.807) is 4.90 Å². The molecule has 1 aliphatic carbocycles. The van der Waals surface area contributed by atoms with E-state index < -0.39 is 11.2 Å². The Balaban J connectivity index is 0.00000432. The molecular formula is C39H48N6O4S. The Hall–Kier alpha value is -4.43. The van der Waals surface area contributed by atoms with Crippen molar-refractivity contribution in [2.45, 2.75) is 109 Å². The molecule has 1 saturated carbocycles. The average Bonchev–Trinajstić information content (AvgIpc) is 3.82. The van der Waals surface area contributed by atoms with Gasteiger partial charge in [-0.1, -0.05) is 24.0 Å². The lowest BCUT2D eigenvalue weighted by atomic mass is 9.74. The molecule has 2 amide bonds. The number of ether oxygens (including phenoxy) is 2. The Kier molecular flexibility index (Phi) is 9.70. The summed E-state index contributed by atoms with van der Waals surface area (Å²) in [7, 11) is 0. The number of imidazole rings is 2. The molecule has 4 aromatic rings. The van der Waals surface area contributed by atoms with Gasteiger partial charge >= 0.3 is 12.2 Å². The number of carbonyl (C=O) groups is 2. The normalized spacial score (nSPS) is 21.8. The van der Waals surface area contributed by atoms with Gasteiger partial charge in [-0.3, -0.25) is 9.80 Å². The van der Waals surface area contributed by atoms with Crippen LogP contribution in [0.25, 0.3) is 22.3 Å². The second-order valence-electron chi connectivity index (χ2n) is 15.6. The number of fused-ring (bicyclic) bond motifs is 4. The summed E-state index contributed by atoms with van der Waals surface area (Å²) in [6.07, 6.45) is 7.24. The van der Waals surface area contributed by atoms with E-state index in [9.17, 15) is 9.59 Å². The van der Waals surface area contributed by atoms with Crippen LogP contribution in [0.5, 0.6) is 0 Å². The van der Waals surface area contributed by atoms with Crippen LogP contribution in [-0.4, -0.2) is 65.7 Å². The number of likely N-dealkylation sites (tertiary alicyclic amines) is 1. The first-order chi connectivity index (χ1) is 23.3. The van der Waals surface area contributed by atoms with E-state index in [2.05, 4.69) is 26.8 Å². The van der Waals surface area contributed by atoms with E-state index in [1.807, 2.05) is 95.1 Å². The fourth-order valence-electron chi connectivity index (χ4n) is 7.45. The van der Waals surface area contributed by atoms with Crippen LogP contribution in [0.4, 0.5) is 9.59 Å². The van der Waals surface area contributed by atoms with Gasteiger partial charge in [0.25, 0.3) is 0 Å². The molecule has 3 aliphatic heterocycles. The highest BCUT2D eigenvalue weighted by Crippen LogP contribution is 2.47. The van der Waals surface area contributed by atoms with Gasteiger partial charge in [-0.15, -0.1) is 0 Å². The van der Waals surface area contributed by atoms with Crippen LogP contribution in [0.15, 0.2) is 48.7 Å². The van der Waals surface area contributed by atoms with E-state index in [0.29, 0.717) is 12.5 Å². The van der Waals surface area contributed by atoms with Gasteiger partial charge in [0.05, 0.1) is 35.0 Å². The maximum absolute atomic E-state index is 13.3. The lowest BCUT2D eigenvalue weighted by molar-refractivity contribution is -0.0439. The Labute approximate surface area is 301 Å². The minimum absolute atomic E-state index is 0. The number of nitrogens with one attached hydrogen (secondary N) is 2. The Morgan fingerprint density at radius 1 is 0.820 bits per heavy atom. The third-order valence-corrected chi connectivity index (χ3v) is 9.60. The Morgan fingerprint density at radius 2 is 1.48 bits per heavy atom.